The second-order valence-corrected chi connectivity index (χ2v) is 10.9. The lowest BCUT2D eigenvalue weighted by Crippen LogP contribution is -2.56. The van der Waals surface area contributed by atoms with E-state index in [1.807, 2.05) is 13.8 Å². The Morgan fingerprint density at radius 3 is 2.40 bits per heavy atom. The standard InChI is InChI=1S/C25H33F3N4O4.C2HF3O2/c1-4-24(2)13-21(33)32(23(29)31-24)18(9-10-35-3)15-11-16(15)22(34)30-17-12-20(25(26,27)28)36-19-8-6-5-7-14(17)19;3-2(4,5)1(6)7/h5-8,15-18,20H,4,9-13H2,1-3H3,(H2,29,31)(H,30,34);(H,6,7)/t15-,16-,17+,18?,20-,24-;/m1./s1. The highest BCUT2D eigenvalue weighted by Gasteiger charge is 2.53. The minimum atomic E-state index is -5.08. The summed E-state index contributed by atoms with van der Waals surface area (Å²) in [4.78, 5) is 41.2. The molecule has 2 heterocycles. The van der Waals surface area contributed by atoms with E-state index in [9.17, 15) is 35.9 Å². The van der Waals surface area contributed by atoms with Crippen LogP contribution in [0, 0.1) is 11.8 Å². The predicted molar refractivity (Wildman–Crippen MR) is 140 cm³/mol. The fraction of sp³-hybridized carbons (Fsp3) is 0.630. The molecule has 1 aromatic carbocycles. The lowest BCUT2D eigenvalue weighted by Gasteiger charge is -2.39. The fourth-order valence-corrected chi connectivity index (χ4v) is 5.22. The Bertz CT molecular complexity index is 1230. The van der Waals surface area contributed by atoms with Gasteiger partial charge < -0.3 is 25.6 Å². The van der Waals surface area contributed by atoms with Gasteiger partial charge in [0.05, 0.1) is 18.0 Å². The summed E-state index contributed by atoms with van der Waals surface area (Å²) in [5.41, 5.74) is 6.19. The molecule has 0 saturated heterocycles. The van der Waals surface area contributed by atoms with E-state index in [4.69, 9.17) is 25.1 Å². The maximum absolute atomic E-state index is 13.5. The summed E-state index contributed by atoms with van der Waals surface area (Å²) in [6.45, 7) is 4.19. The Hall–Kier alpha value is -3.56. The summed E-state index contributed by atoms with van der Waals surface area (Å²) in [6, 6.07) is 5.21. The molecule has 240 valence electrons. The monoisotopic (exact) mass is 624 g/mol. The Labute approximate surface area is 243 Å². The first-order valence-corrected chi connectivity index (χ1v) is 13.5. The first-order valence-electron chi connectivity index (χ1n) is 13.5. The van der Waals surface area contributed by atoms with Crippen molar-refractivity contribution in [2.75, 3.05) is 13.7 Å². The molecule has 1 aromatic rings. The minimum absolute atomic E-state index is 0.114. The van der Waals surface area contributed by atoms with Gasteiger partial charge in [0.15, 0.2) is 12.1 Å². The number of ether oxygens (including phenoxy) is 2. The van der Waals surface area contributed by atoms with Crippen molar-refractivity contribution in [1.82, 2.24) is 10.2 Å². The molecular weight excluding hydrogens is 590 g/mol. The van der Waals surface area contributed by atoms with Crippen molar-refractivity contribution < 1.29 is 55.3 Å². The van der Waals surface area contributed by atoms with E-state index >= 15 is 0 Å². The van der Waals surface area contributed by atoms with E-state index in [0.29, 0.717) is 31.4 Å². The molecule has 2 aliphatic heterocycles. The molecule has 6 atom stereocenters. The first-order chi connectivity index (χ1) is 19.9. The van der Waals surface area contributed by atoms with Crippen LogP contribution in [-0.2, 0) is 19.1 Å². The zero-order valence-electron chi connectivity index (χ0n) is 23.7. The topological polar surface area (TPSA) is 144 Å². The van der Waals surface area contributed by atoms with Crippen LogP contribution in [0.1, 0.15) is 57.6 Å². The highest BCUT2D eigenvalue weighted by atomic mass is 19.4. The average molecular weight is 625 g/mol. The molecule has 4 rings (SSSR count). The zero-order valence-corrected chi connectivity index (χ0v) is 23.7. The Balaban J connectivity index is 0.000000646. The summed E-state index contributed by atoms with van der Waals surface area (Å²) in [5.74, 6) is -3.65. The number of amides is 2. The quantitative estimate of drug-likeness (QED) is 0.372. The summed E-state index contributed by atoms with van der Waals surface area (Å²) in [6.07, 6.45) is -10.2. The fourth-order valence-electron chi connectivity index (χ4n) is 5.22. The van der Waals surface area contributed by atoms with Crippen LogP contribution in [0.5, 0.6) is 5.75 Å². The number of nitrogens with zero attached hydrogens (tertiary/aromatic N) is 2. The van der Waals surface area contributed by atoms with Crippen LogP contribution in [0.3, 0.4) is 0 Å². The van der Waals surface area contributed by atoms with Gasteiger partial charge in [-0.2, -0.15) is 26.3 Å². The van der Waals surface area contributed by atoms with Crippen LogP contribution in [0.4, 0.5) is 26.3 Å². The number of halogens is 6. The number of guanidine groups is 1. The molecule has 4 N–H and O–H groups in total. The van der Waals surface area contributed by atoms with Crippen LogP contribution < -0.4 is 15.8 Å². The normalized spacial score (nSPS) is 27.5. The maximum atomic E-state index is 13.5. The van der Waals surface area contributed by atoms with Gasteiger partial charge in [-0.1, -0.05) is 25.1 Å². The highest BCUT2D eigenvalue weighted by Crippen LogP contribution is 2.47. The molecule has 3 aliphatic rings. The van der Waals surface area contributed by atoms with Crippen molar-refractivity contribution in [1.29, 1.82) is 0 Å². The third-order valence-electron chi connectivity index (χ3n) is 7.75. The molecule has 1 unspecified atom stereocenters. The van der Waals surface area contributed by atoms with Crippen LogP contribution >= 0.6 is 0 Å². The van der Waals surface area contributed by atoms with E-state index in [1.165, 1.54) is 11.0 Å². The number of para-hydroxylation sites is 1. The second kappa shape index (κ2) is 13.0. The number of nitrogens with two attached hydrogens (primary N) is 1. The number of benzene rings is 1. The number of carbonyl (C=O) groups is 3. The summed E-state index contributed by atoms with van der Waals surface area (Å²) in [5, 5.41) is 9.94. The van der Waals surface area contributed by atoms with Gasteiger partial charge in [0.1, 0.15) is 5.75 Å². The maximum Gasteiger partial charge on any atom is 0.490 e. The van der Waals surface area contributed by atoms with Crippen molar-refractivity contribution in [3.63, 3.8) is 0 Å². The number of aliphatic imine (C=N–C) groups is 1. The van der Waals surface area contributed by atoms with Crippen LogP contribution in [0.2, 0.25) is 0 Å². The number of fused-ring (bicyclic) bond motifs is 1. The molecule has 43 heavy (non-hydrogen) atoms. The van der Waals surface area contributed by atoms with Gasteiger partial charge in [0.2, 0.25) is 11.8 Å². The van der Waals surface area contributed by atoms with E-state index in [-0.39, 0.29) is 41.9 Å². The molecule has 0 aromatic heterocycles. The number of aliphatic carboxylic acids is 1. The van der Waals surface area contributed by atoms with Crippen molar-refractivity contribution in [3.05, 3.63) is 29.8 Å². The van der Waals surface area contributed by atoms with Crippen LogP contribution in [0.15, 0.2) is 29.3 Å². The van der Waals surface area contributed by atoms with Gasteiger partial charge in [-0.15, -0.1) is 0 Å². The summed E-state index contributed by atoms with van der Waals surface area (Å²) < 4.78 is 82.5. The predicted octanol–water partition coefficient (Wildman–Crippen LogP) is 3.95. The molecule has 1 fully saturated rings. The Morgan fingerprint density at radius 1 is 1.23 bits per heavy atom. The van der Waals surface area contributed by atoms with E-state index in [2.05, 4.69) is 10.3 Å². The van der Waals surface area contributed by atoms with Gasteiger partial charge in [0, 0.05) is 37.7 Å². The van der Waals surface area contributed by atoms with E-state index in [1.54, 1.807) is 25.3 Å². The van der Waals surface area contributed by atoms with Gasteiger partial charge in [-0.05, 0) is 38.2 Å². The second-order valence-electron chi connectivity index (χ2n) is 10.9. The lowest BCUT2D eigenvalue weighted by molar-refractivity contribution is -0.201. The number of nitrogens with one attached hydrogen (secondary N) is 1. The number of carbonyl (C=O) groups excluding carboxylic acids is 2. The molecule has 10 nitrogen and oxygen atoms in total. The Morgan fingerprint density at radius 2 is 1.86 bits per heavy atom. The number of carboxylic acid groups (broad SMARTS) is 1. The van der Waals surface area contributed by atoms with Gasteiger partial charge in [-0.25, -0.2) is 9.79 Å². The molecule has 0 spiro atoms. The minimum Gasteiger partial charge on any atom is -0.480 e. The molecule has 1 aliphatic carbocycles. The molecule has 1 saturated carbocycles. The molecular formula is C27H34F6N4O6. The van der Waals surface area contributed by atoms with Crippen molar-refractivity contribution in [2.24, 2.45) is 22.6 Å². The Kier molecular flexibility index (Phi) is 10.2. The SMILES string of the molecule is CC[C@]1(C)CC(=O)N(C(CCOC)[C@@H]2C[C@H]2C(=O)N[C@H]2C[C@H](C(F)(F)F)Oc3ccccc32)C(N)=N1.O=C(O)C(F)(F)F. The van der Waals surface area contributed by atoms with Crippen LogP contribution in [0.25, 0.3) is 0 Å². The highest BCUT2D eigenvalue weighted by molar-refractivity contribution is 5.99. The first kappa shape index (κ1) is 33.9. The van der Waals surface area contributed by atoms with Gasteiger partial charge >= 0.3 is 18.3 Å². The molecule has 16 heteroatoms. The molecule has 2 amide bonds. The van der Waals surface area contributed by atoms with Crippen molar-refractivity contribution in [2.45, 2.75) is 82.0 Å². The van der Waals surface area contributed by atoms with Crippen molar-refractivity contribution >= 4 is 23.7 Å². The number of carboxylic acids is 1. The number of hydrogen-bond acceptors (Lipinski definition) is 7. The lowest BCUT2D eigenvalue weighted by atomic mass is 9.92. The number of alkyl halides is 6. The van der Waals surface area contributed by atoms with Gasteiger partial charge in [0.25, 0.3) is 0 Å². The summed E-state index contributed by atoms with van der Waals surface area (Å²) in [7, 11) is 1.55. The molecule has 0 bridgehead atoms. The smallest absolute Gasteiger partial charge is 0.480 e. The van der Waals surface area contributed by atoms with E-state index < -0.39 is 48.3 Å². The van der Waals surface area contributed by atoms with E-state index in [0.717, 1.165) is 0 Å². The molecule has 0 radical (unpaired) electrons. The average Bonchev–Trinajstić information content (AvgIpc) is 3.70. The number of methoxy groups -OCH3 is 1. The third-order valence-corrected chi connectivity index (χ3v) is 7.75. The zero-order chi connectivity index (χ0) is 32.3. The third kappa shape index (κ3) is 8.30. The van der Waals surface area contributed by atoms with Gasteiger partial charge in [-0.3, -0.25) is 14.5 Å². The van der Waals surface area contributed by atoms with Crippen LogP contribution in [-0.4, -0.2) is 77.5 Å². The largest absolute Gasteiger partial charge is 0.490 e. The number of hydrogen-bond donors (Lipinski definition) is 3. The van der Waals surface area contributed by atoms with Crippen molar-refractivity contribution in [3.8, 4) is 5.75 Å². The summed E-state index contributed by atoms with van der Waals surface area (Å²) >= 11 is 0. The number of rotatable bonds is 8.